The Kier molecular flexibility index (Phi) is 1.96. The van der Waals surface area contributed by atoms with E-state index in [0.29, 0.717) is 11.3 Å². The fourth-order valence-electron chi connectivity index (χ4n) is 0.785. The first-order valence-corrected chi connectivity index (χ1v) is 4.51. The van der Waals surface area contributed by atoms with Gasteiger partial charge in [-0.15, -0.1) is 11.3 Å². The first-order valence-electron chi connectivity index (χ1n) is 3.22. The van der Waals surface area contributed by atoms with Crippen LogP contribution >= 0.6 is 23.6 Å². The Hall–Kier alpha value is -1.08. The number of hydrogen-bond donors (Lipinski definition) is 1. The minimum Gasteiger partial charge on any atom is -0.248 e. The maximum atomic E-state index is 4.89. The molecule has 0 saturated carbocycles. The zero-order valence-electron chi connectivity index (χ0n) is 5.97. The summed E-state index contributed by atoms with van der Waals surface area (Å²) in [4.78, 5) is 4.11. The summed E-state index contributed by atoms with van der Waals surface area (Å²) in [5.74, 6) is 0. The molecule has 12 heavy (non-hydrogen) atoms. The van der Waals surface area contributed by atoms with Gasteiger partial charge in [-0.1, -0.05) is 10.3 Å². The molecule has 0 saturated heterocycles. The minimum absolute atomic E-state index is 0.449. The van der Waals surface area contributed by atoms with Gasteiger partial charge in [0.25, 0.3) is 0 Å². The molecule has 0 unspecified atom stereocenters. The molecule has 62 valence electrons. The van der Waals surface area contributed by atoms with E-state index in [1.54, 1.807) is 22.2 Å². The fourth-order valence-corrected chi connectivity index (χ4v) is 1.54. The van der Waals surface area contributed by atoms with Gasteiger partial charge in [0, 0.05) is 11.6 Å². The normalized spacial score (nSPS) is 10.3. The molecule has 0 atom stereocenters. The molecule has 2 heterocycles. The molecule has 5 nitrogen and oxygen atoms in total. The van der Waals surface area contributed by atoms with E-state index >= 15 is 0 Å². The zero-order chi connectivity index (χ0) is 8.39. The van der Waals surface area contributed by atoms with Crippen molar-refractivity contribution in [1.82, 2.24) is 25.2 Å². The van der Waals surface area contributed by atoms with Crippen LogP contribution in [0.3, 0.4) is 0 Å². The lowest BCUT2D eigenvalue weighted by molar-refractivity contribution is 0.639. The Morgan fingerprint density at radius 1 is 1.67 bits per heavy atom. The zero-order valence-corrected chi connectivity index (χ0v) is 7.60. The van der Waals surface area contributed by atoms with E-state index in [1.807, 2.05) is 5.38 Å². The second kappa shape index (κ2) is 3.11. The van der Waals surface area contributed by atoms with Crippen molar-refractivity contribution in [1.29, 1.82) is 0 Å². The Morgan fingerprint density at radius 2 is 2.58 bits per heavy atom. The Labute approximate surface area is 77.1 Å². The van der Waals surface area contributed by atoms with Crippen molar-refractivity contribution in [2.24, 2.45) is 0 Å². The number of aromatic nitrogens is 5. The van der Waals surface area contributed by atoms with Gasteiger partial charge in [-0.05, 0) is 12.2 Å². The number of nitrogens with zero attached hydrogens (tertiary/aromatic N) is 4. The first kappa shape index (κ1) is 7.56. The van der Waals surface area contributed by atoms with E-state index in [1.165, 1.54) is 0 Å². The molecule has 0 aliphatic heterocycles. The third kappa shape index (κ3) is 1.41. The van der Waals surface area contributed by atoms with Gasteiger partial charge in [-0.3, -0.25) is 0 Å². The molecule has 0 spiro atoms. The number of tetrazole rings is 1. The largest absolute Gasteiger partial charge is 0.248 e. The smallest absolute Gasteiger partial charge is 0.238 e. The van der Waals surface area contributed by atoms with Crippen LogP contribution in [0, 0.1) is 4.77 Å². The minimum atomic E-state index is 0.449. The molecule has 0 amide bonds. The van der Waals surface area contributed by atoms with Gasteiger partial charge in [0.1, 0.15) is 5.01 Å². The molecule has 2 aromatic rings. The molecular weight excluding hydrogens is 194 g/mol. The van der Waals surface area contributed by atoms with Gasteiger partial charge in [0.05, 0.1) is 6.54 Å². The summed E-state index contributed by atoms with van der Waals surface area (Å²) in [7, 11) is 0. The van der Waals surface area contributed by atoms with E-state index in [2.05, 4.69) is 20.5 Å². The van der Waals surface area contributed by atoms with Crippen LogP contribution < -0.4 is 0 Å². The van der Waals surface area contributed by atoms with E-state index in [-0.39, 0.29) is 0 Å². The van der Waals surface area contributed by atoms with Crippen LogP contribution in [0.15, 0.2) is 11.6 Å². The van der Waals surface area contributed by atoms with E-state index in [4.69, 9.17) is 12.2 Å². The average molecular weight is 199 g/mol. The second-order valence-corrected chi connectivity index (χ2v) is 3.44. The maximum absolute atomic E-state index is 4.89. The SMILES string of the molecule is S=c1nn[nH]n1Cc1nccs1. The van der Waals surface area contributed by atoms with Gasteiger partial charge in [0.2, 0.25) is 4.77 Å². The highest BCUT2D eigenvalue weighted by molar-refractivity contribution is 7.71. The maximum Gasteiger partial charge on any atom is 0.238 e. The third-order valence-electron chi connectivity index (χ3n) is 1.31. The predicted molar refractivity (Wildman–Crippen MR) is 46.4 cm³/mol. The molecular formula is C5H5N5S2. The fraction of sp³-hybridized carbons (Fsp3) is 0.200. The molecule has 0 bridgehead atoms. The molecule has 0 aliphatic rings. The predicted octanol–water partition coefficient (Wildman–Crippen LogP) is 0.840. The number of hydrogen-bond acceptors (Lipinski definition) is 5. The van der Waals surface area contributed by atoms with Gasteiger partial charge >= 0.3 is 0 Å². The summed E-state index contributed by atoms with van der Waals surface area (Å²) >= 11 is 6.47. The van der Waals surface area contributed by atoms with Crippen LogP contribution in [0.1, 0.15) is 5.01 Å². The molecule has 0 radical (unpaired) electrons. The van der Waals surface area contributed by atoms with Crippen molar-refractivity contribution in [3.63, 3.8) is 0 Å². The third-order valence-corrected chi connectivity index (χ3v) is 2.38. The highest BCUT2D eigenvalue weighted by atomic mass is 32.1. The second-order valence-electron chi connectivity index (χ2n) is 2.09. The molecule has 0 aromatic carbocycles. The van der Waals surface area contributed by atoms with Crippen molar-refractivity contribution in [2.75, 3.05) is 0 Å². The molecule has 7 heteroatoms. The molecule has 1 N–H and O–H groups in total. The standard InChI is InChI=1S/C5H5N5S2/c11-5-7-8-9-10(5)3-4-6-1-2-12-4/h1-2H,3H2,(H,7,9,11). The van der Waals surface area contributed by atoms with Crippen molar-refractivity contribution < 1.29 is 0 Å². The van der Waals surface area contributed by atoms with Gasteiger partial charge < -0.3 is 0 Å². The monoisotopic (exact) mass is 199 g/mol. The summed E-state index contributed by atoms with van der Waals surface area (Å²) in [6, 6.07) is 0. The number of nitrogens with one attached hydrogen (secondary N) is 1. The topological polar surface area (TPSA) is 59.4 Å². The van der Waals surface area contributed by atoms with Crippen molar-refractivity contribution >= 4 is 23.6 Å². The molecule has 0 aliphatic carbocycles. The summed E-state index contributed by atoms with van der Waals surface area (Å²) in [5.41, 5.74) is 0. The average Bonchev–Trinajstić information content (AvgIpc) is 2.65. The van der Waals surface area contributed by atoms with Crippen molar-refractivity contribution in [3.8, 4) is 0 Å². The Balaban J connectivity index is 2.25. The van der Waals surface area contributed by atoms with Crippen LogP contribution in [-0.4, -0.2) is 25.2 Å². The highest BCUT2D eigenvalue weighted by Gasteiger charge is 1.98. The lowest BCUT2D eigenvalue weighted by Gasteiger charge is -1.94. The van der Waals surface area contributed by atoms with Crippen LogP contribution in [-0.2, 0) is 6.54 Å². The van der Waals surface area contributed by atoms with E-state index in [9.17, 15) is 0 Å². The van der Waals surface area contributed by atoms with E-state index in [0.717, 1.165) is 5.01 Å². The quantitative estimate of drug-likeness (QED) is 0.728. The summed E-state index contributed by atoms with van der Waals surface area (Å²) < 4.78 is 2.11. The van der Waals surface area contributed by atoms with Crippen molar-refractivity contribution in [3.05, 3.63) is 21.4 Å². The van der Waals surface area contributed by atoms with Crippen LogP contribution in [0.2, 0.25) is 0 Å². The lowest BCUT2D eigenvalue weighted by atomic mass is 10.7. The van der Waals surface area contributed by atoms with Gasteiger partial charge in [-0.25, -0.2) is 9.67 Å². The molecule has 0 fully saturated rings. The molecule has 2 aromatic heterocycles. The van der Waals surface area contributed by atoms with E-state index < -0.39 is 0 Å². The number of thiazole rings is 1. The van der Waals surface area contributed by atoms with Crippen LogP contribution in [0.25, 0.3) is 0 Å². The number of rotatable bonds is 2. The molecule has 2 rings (SSSR count). The number of H-pyrrole nitrogens is 1. The Bertz CT molecular complexity index is 399. The highest BCUT2D eigenvalue weighted by Crippen LogP contribution is 2.04. The van der Waals surface area contributed by atoms with Crippen LogP contribution in [0.5, 0.6) is 0 Å². The lowest BCUT2D eigenvalue weighted by Crippen LogP contribution is -2.01. The first-order chi connectivity index (χ1) is 5.86. The van der Waals surface area contributed by atoms with Gasteiger partial charge in [-0.2, -0.15) is 5.21 Å². The summed E-state index contributed by atoms with van der Waals surface area (Å²) in [6.45, 7) is 0.615. The Morgan fingerprint density at radius 3 is 3.17 bits per heavy atom. The summed E-state index contributed by atoms with van der Waals surface area (Å²) in [6.07, 6.45) is 1.76. The van der Waals surface area contributed by atoms with Crippen molar-refractivity contribution in [2.45, 2.75) is 6.54 Å². The van der Waals surface area contributed by atoms with Gasteiger partial charge in [0.15, 0.2) is 0 Å². The summed E-state index contributed by atoms with van der Waals surface area (Å²) in [5, 5.41) is 12.8. The van der Waals surface area contributed by atoms with Crippen LogP contribution in [0.4, 0.5) is 0 Å². The number of aromatic amines is 1.